The van der Waals surface area contributed by atoms with Crippen molar-refractivity contribution in [3.8, 4) is 5.75 Å². The van der Waals surface area contributed by atoms with Gasteiger partial charge in [0.1, 0.15) is 5.75 Å². The molecule has 3 nitrogen and oxygen atoms in total. The summed E-state index contributed by atoms with van der Waals surface area (Å²) in [5.41, 5.74) is 0.386. The molecule has 1 amide bonds. The highest BCUT2D eigenvalue weighted by molar-refractivity contribution is 5.95. The van der Waals surface area contributed by atoms with E-state index in [-0.39, 0.29) is 23.7 Å². The van der Waals surface area contributed by atoms with E-state index in [4.69, 9.17) is 0 Å². The van der Waals surface area contributed by atoms with Gasteiger partial charge in [0.25, 0.3) is 5.91 Å². The Kier molecular flexibility index (Phi) is 3.39. The highest BCUT2D eigenvalue weighted by atomic mass is 19.4. The van der Waals surface area contributed by atoms with Crippen LogP contribution in [0.3, 0.4) is 0 Å². The van der Waals surface area contributed by atoms with Gasteiger partial charge in [0.05, 0.1) is 6.04 Å². The predicted molar refractivity (Wildman–Crippen MR) is 69.9 cm³/mol. The first-order valence-corrected chi connectivity index (χ1v) is 6.79. The zero-order valence-electron chi connectivity index (χ0n) is 11.1. The lowest BCUT2D eigenvalue weighted by atomic mass is 10.1. The number of amides is 1. The molecule has 0 radical (unpaired) electrons. The van der Waals surface area contributed by atoms with Crippen molar-refractivity contribution >= 4 is 5.91 Å². The Morgan fingerprint density at radius 2 is 1.90 bits per heavy atom. The van der Waals surface area contributed by atoms with Crippen LogP contribution in [0.4, 0.5) is 13.2 Å². The Labute approximate surface area is 120 Å². The van der Waals surface area contributed by atoms with E-state index in [1.807, 2.05) is 11.0 Å². The summed E-state index contributed by atoms with van der Waals surface area (Å²) in [4.78, 5) is 14.3. The molecular weight excluding hydrogens is 283 g/mol. The lowest BCUT2D eigenvalue weighted by Crippen LogP contribution is -2.42. The van der Waals surface area contributed by atoms with Gasteiger partial charge in [-0.3, -0.25) is 4.79 Å². The molecule has 6 heteroatoms. The smallest absolute Gasteiger partial charge is 0.406 e. The molecule has 2 bridgehead atoms. The fraction of sp³-hybridized carbons (Fsp3) is 0.400. The number of carbonyl (C=O) groups is 1. The Balaban J connectivity index is 1.75. The third-order valence-electron chi connectivity index (χ3n) is 3.88. The van der Waals surface area contributed by atoms with Crippen molar-refractivity contribution in [1.82, 2.24) is 4.90 Å². The normalized spacial score (nSPS) is 24.2. The molecule has 0 N–H and O–H groups in total. The number of nitrogens with zero attached hydrogens (tertiary/aromatic N) is 1. The molecule has 2 heterocycles. The Bertz CT molecular complexity index is 565. The van der Waals surface area contributed by atoms with Crippen LogP contribution in [-0.4, -0.2) is 29.3 Å². The summed E-state index contributed by atoms with van der Waals surface area (Å²) in [7, 11) is 0. The van der Waals surface area contributed by atoms with E-state index in [1.54, 1.807) is 0 Å². The second-order valence-corrected chi connectivity index (χ2v) is 5.25. The number of carbonyl (C=O) groups excluding carboxylic acids is 1. The zero-order chi connectivity index (χ0) is 15.0. The van der Waals surface area contributed by atoms with Crippen molar-refractivity contribution in [2.24, 2.45) is 0 Å². The van der Waals surface area contributed by atoms with Crippen LogP contribution in [0.15, 0.2) is 36.4 Å². The van der Waals surface area contributed by atoms with E-state index in [0.29, 0.717) is 5.56 Å². The van der Waals surface area contributed by atoms with Gasteiger partial charge < -0.3 is 9.64 Å². The first kappa shape index (κ1) is 14.0. The maximum Gasteiger partial charge on any atom is 0.573 e. The van der Waals surface area contributed by atoms with Crippen LogP contribution in [-0.2, 0) is 0 Å². The minimum atomic E-state index is -4.72. The molecular formula is C15H14F3NO2. The largest absolute Gasteiger partial charge is 0.573 e. The van der Waals surface area contributed by atoms with Gasteiger partial charge in [-0.15, -0.1) is 13.2 Å². The molecule has 2 aliphatic rings. The summed E-state index contributed by atoms with van der Waals surface area (Å²) in [6.07, 6.45) is 2.16. The second kappa shape index (κ2) is 5.09. The van der Waals surface area contributed by atoms with Crippen molar-refractivity contribution in [1.29, 1.82) is 0 Å². The van der Waals surface area contributed by atoms with Crippen molar-refractivity contribution < 1.29 is 22.7 Å². The molecule has 0 aliphatic carbocycles. The van der Waals surface area contributed by atoms with Gasteiger partial charge in [0.15, 0.2) is 0 Å². The second-order valence-electron chi connectivity index (χ2n) is 5.25. The van der Waals surface area contributed by atoms with Gasteiger partial charge in [0, 0.05) is 11.6 Å². The van der Waals surface area contributed by atoms with Crippen LogP contribution in [0.2, 0.25) is 0 Å². The van der Waals surface area contributed by atoms with Crippen LogP contribution in [0.1, 0.15) is 29.6 Å². The number of halogens is 3. The highest BCUT2D eigenvalue weighted by Gasteiger charge is 2.37. The molecule has 0 aromatic heterocycles. The quantitative estimate of drug-likeness (QED) is 0.782. The van der Waals surface area contributed by atoms with E-state index >= 15 is 0 Å². The van der Waals surface area contributed by atoms with Gasteiger partial charge in [-0.1, -0.05) is 12.2 Å². The van der Waals surface area contributed by atoms with Crippen LogP contribution in [0, 0.1) is 0 Å². The highest BCUT2D eigenvalue weighted by Crippen LogP contribution is 2.33. The average Bonchev–Trinajstić information content (AvgIpc) is 2.66. The molecule has 1 aromatic rings. The number of benzene rings is 1. The number of alkyl halides is 3. The zero-order valence-corrected chi connectivity index (χ0v) is 11.1. The fourth-order valence-corrected chi connectivity index (χ4v) is 2.99. The van der Waals surface area contributed by atoms with E-state index in [1.165, 1.54) is 24.3 Å². The minimum absolute atomic E-state index is 0.113. The number of hydrogen-bond donors (Lipinski definition) is 0. The van der Waals surface area contributed by atoms with Crippen molar-refractivity contribution in [3.63, 3.8) is 0 Å². The SMILES string of the molecule is O=C(c1ccc(OC(F)(F)F)cc1)N1C2C=CCC1CC2. The number of fused-ring (bicyclic) bond motifs is 2. The summed E-state index contributed by atoms with van der Waals surface area (Å²) < 4.78 is 40.1. The van der Waals surface area contributed by atoms with Gasteiger partial charge in [-0.2, -0.15) is 0 Å². The monoisotopic (exact) mass is 297 g/mol. The Morgan fingerprint density at radius 3 is 2.52 bits per heavy atom. The molecule has 2 aliphatic heterocycles. The average molecular weight is 297 g/mol. The summed E-state index contributed by atoms with van der Waals surface area (Å²) in [5, 5.41) is 0. The number of ether oxygens (including phenoxy) is 1. The van der Waals surface area contributed by atoms with Gasteiger partial charge in [-0.25, -0.2) is 0 Å². The number of hydrogen-bond acceptors (Lipinski definition) is 2. The summed E-state index contributed by atoms with van der Waals surface area (Å²) in [5.74, 6) is -0.453. The van der Waals surface area contributed by atoms with E-state index in [2.05, 4.69) is 10.8 Å². The van der Waals surface area contributed by atoms with Gasteiger partial charge >= 0.3 is 6.36 Å². The molecule has 21 heavy (non-hydrogen) atoms. The molecule has 1 saturated heterocycles. The van der Waals surface area contributed by atoms with Crippen LogP contribution in [0.25, 0.3) is 0 Å². The van der Waals surface area contributed by atoms with Crippen molar-refractivity contribution in [2.75, 3.05) is 0 Å². The molecule has 2 unspecified atom stereocenters. The van der Waals surface area contributed by atoms with Gasteiger partial charge in [0.2, 0.25) is 0 Å². The number of rotatable bonds is 2. The first-order chi connectivity index (χ1) is 9.94. The van der Waals surface area contributed by atoms with E-state index in [9.17, 15) is 18.0 Å². The van der Waals surface area contributed by atoms with E-state index in [0.717, 1.165) is 19.3 Å². The molecule has 1 fully saturated rings. The predicted octanol–water partition coefficient (Wildman–Crippen LogP) is 3.52. The summed E-state index contributed by atoms with van der Waals surface area (Å²) in [6, 6.07) is 5.41. The Morgan fingerprint density at radius 1 is 1.19 bits per heavy atom. The molecule has 0 saturated carbocycles. The molecule has 2 atom stereocenters. The topological polar surface area (TPSA) is 29.5 Å². The summed E-state index contributed by atoms with van der Waals surface area (Å²) >= 11 is 0. The van der Waals surface area contributed by atoms with Crippen molar-refractivity contribution in [3.05, 3.63) is 42.0 Å². The minimum Gasteiger partial charge on any atom is -0.406 e. The molecule has 1 aromatic carbocycles. The van der Waals surface area contributed by atoms with Crippen LogP contribution in [0.5, 0.6) is 5.75 Å². The summed E-state index contributed by atoms with van der Waals surface area (Å²) in [6.45, 7) is 0. The lowest BCUT2D eigenvalue weighted by molar-refractivity contribution is -0.274. The molecule has 112 valence electrons. The Hall–Kier alpha value is -1.98. The fourth-order valence-electron chi connectivity index (χ4n) is 2.99. The van der Waals surface area contributed by atoms with Crippen LogP contribution >= 0.6 is 0 Å². The molecule has 3 rings (SSSR count). The standard InChI is InChI=1S/C15H14F3NO2/c16-15(17,18)21-13-8-4-10(5-9-13)14(20)19-11-2-1-3-12(19)7-6-11/h1-2,4-5,8-9,11-12H,3,6-7H2. The molecule has 0 spiro atoms. The maximum absolute atomic E-state index is 12.5. The van der Waals surface area contributed by atoms with E-state index < -0.39 is 6.36 Å². The first-order valence-electron chi connectivity index (χ1n) is 6.79. The lowest BCUT2D eigenvalue weighted by Gasteiger charge is -2.31. The van der Waals surface area contributed by atoms with Crippen LogP contribution < -0.4 is 4.74 Å². The third-order valence-corrected chi connectivity index (χ3v) is 3.88. The van der Waals surface area contributed by atoms with Gasteiger partial charge in [-0.05, 0) is 43.5 Å². The third kappa shape index (κ3) is 2.89. The van der Waals surface area contributed by atoms with Crippen molar-refractivity contribution in [2.45, 2.75) is 37.7 Å². The maximum atomic E-state index is 12.5.